The second-order valence-electron chi connectivity index (χ2n) is 3.68. The smallest absolute Gasteiger partial charge is 0.0591 e. The van der Waals surface area contributed by atoms with Crippen LogP contribution in [0.25, 0.3) is 0 Å². The predicted molar refractivity (Wildman–Crippen MR) is 66.9 cm³/mol. The zero-order valence-corrected chi connectivity index (χ0v) is 10.7. The summed E-state index contributed by atoms with van der Waals surface area (Å²) in [5, 5.41) is 3.24. The van der Waals surface area contributed by atoms with E-state index in [1.807, 2.05) is 11.3 Å². The van der Waals surface area contributed by atoms with Gasteiger partial charge >= 0.3 is 0 Å². The fourth-order valence-corrected chi connectivity index (χ4v) is 2.56. The van der Waals surface area contributed by atoms with Gasteiger partial charge in [0.1, 0.15) is 0 Å². The Balaban J connectivity index is 2.12. The second-order valence-corrected chi connectivity index (χ2v) is 5.02. The SMILES string of the molecule is CCNCCOCCc1sc(C)cc1C. The van der Waals surface area contributed by atoms with E-state index in [-0.39, 0.29) is 0 Å². The second kappa shape index (κ2) is 6.99. The highest BCUT2D eigenvalue weighted by Gasteiger charge is 2.02. The lowest BCUT2D eigenvalue weighted by Crippen LogP contribution is -2.19. The van der Waals surface area contributed by atoms with Gasteiger partial charge in [-0.05, 0) is 32.0 Å². The zero-order valence-electron chi connectivity index (χ0n) is 9.93. The largest absolute Gasteiger partial charge is 0.380 e. The topological polar surface area (TPSA) is 21.3 Å². The molecule has 0 bridgehead atoms. The predicted octanol–water partition coefficient (Wildman–Crippen LogP) is 2.53. The van der Waals surface area contributed by atoms with E-state index in [2.05, 4.69) is 32.2 Å². The lowest BCUT2D eigenvalue weighted by Gasteiger charge is -2.04. The summed E-state index contributed by atoms with van der Waals surface area (Å²) in [5.41, 5.74) is 1.41. The summed E-state index contributed by atoms with van der Waals surface area (Å²) in [6.45, 7) is 10.1. The fraction of sp³-hybridized carbons (Fsp3) is 0.667. The molecule has 0 aliphatic rings. The monoisotopic (exact) mass is 227 g/mol. The Morgan fingerprint density at radius 2 is 2.13 bits per heavy atom. The van der Waals surface area contributed by atoms with Crippen molar-refractivity contribution in [3.63, 3.8) is 0 Å². The Labute approximate surface area is 96.7 Å². The average Bonchev–Trinajstić information content (AvgIpc) is 2.51. The van der Waals surface area contributed by atoms with Gasteiger partial charge in [0.25, 0.3) is 0 Å². The highest BCUT2D eigenvalue weighted by molar-refractivity contribution is 7.12. The van der Waals surface area contributed by atoms with Gasteiger partial charge in [-0.3, -0.25) is 0 Å². The van der Waals surface area contributed by atoms with Gasteiger partial charge in [-0.25, -0.2) is 0 Å². The van der Waals surface area contributed by atoms with E-state index in [1.54, 1.807) is 0 Å². The number of aryl methyl sites for hydroxylation is 2. The third kappa shape index (κ3) is 4.78. The van der Waals surface area contributed by atoms with Crippen LogP contribution in [-0.2, 0) is 11.2 Å². The van der Waals surface area contributed by atoms with Gasteiger partial charge in [0.05, 0.1) is 13.2 Å². The Hall–Kier alpha value is -0.380. The molecule has 3 heteroatoms. The lowest BCUT2D eigenvalue weighted by atomic mass is 10.2. The molecule has 2 nitrogen and oxygen atoms in total. The van der Waals surface area contributed by atoms with Crippen molar-refractivity contribution in [2.24, 2.45) is 0 Å². The molecule has 86 valence electrons. The minimum absolute atomic E-state index is 0.817. The third-order valence-electron chi connectivity index (χ3n) is 2.29. The highest BCUT2D eigenvalue weighted by Crippen LogP contribution is 2.21. The molecule has 1 rings (SSSR count). The van der Waals surface area contributed by atoms with Crippen LogP contribution in [0.15, 0.2) is 6.07 Å². The van der Waals surface area contributed by atoms with E-state index >= 15 is 0 Å². The first kappa shape index (κ1) is 12.7. The molecule has 0 atom stereocenters. The third-order valence-corrected chi connectivity index (χ3v) is 3.50. The van der Waals surface area contributed by atoms with Crippen molar-refractivity contribution < 1.29 is 4.74 Å². The first-order valence-corrected chi connectivity index (χ1v) is 6.40. The molecule has 1 heterocycles. The molecule has 0 radical (unpaired) electrons. The van der Waals surface area contributed by atoms with E-state index < -0.39 is 0 Å². The molecule has 0 saturated carbocycles. The molecule has 0 fully saturated rings. The Morgan fingerprint density at radius 3 is 2.73 bits per heavy atom. The van der Waals surface area contributed by atoms with Crippen molar-refractivity contribution in [1.82, 2.24) is 5.32 Å². The van der Waals surface area contributed by atoms with Crippen molar-refractivity contribution in [2.75, 3.05) is 26.3 Å². The molecule has 0 unspecified atom stereocenters. The highest BCUT2D eigenvalue weighted by atomic mass is 32.1. The van der Waals surface area contributed by atoms with Crippen LogP contribution in [0, 0.1) is 13.8 Å². The number of nitrogens with one attached hydrogen (secondary N) is 1. The molecule has 15 heavy (non-hydrogen) atoms. The van der Waals surface area contributed by atoms with Gasteiger partial charge in [0, 0.05) is 22.7 Å². The first-order chi connectivity index (χ1) is 7.24. The fourth-order valence-electron chi connectivity index (χ4n) is 1.53. The summed E-state index contributed by atoms with van der Waals surface area (Å²) in [4.78, 5) is 2.87. The molecule has 0 aromatic carbocycles. The maximum Gasteiger partial charge on any atom is 0.0591 e. The van der Waals surface area contributed by atoms with Crippen LogP contribution in [0.5, 0.6) is 0 Å². The summed E-state index contributed by atoms with van der Waals surface area (Å²) < 4.78 is 5.55. The summed E-state index contributed by atoms with van der Waals surface area (Å²) in [5.74, 6) is 0. The van der Waals surface area contributed by atoms with Gasteiger partial charge in [-0.2, -0.15) is 0 Å². The van der Waals surface area contributed by atoms with Gasteiger partial charge in [-0.1, -0.05) is 6.92 Å². The van der Waals surface area contributed by atoms with E-state index in [9.17, 15) is 0 Å². The number of rotatable bonds is 7. The number of thiophene rings is 1. The van der Waals surface area contributed by atoms with Crippen molar-refractivity contribution >= 4 is 11.3 Å². The molecule has 0 aliphatic heterocycles. The zero-order chi connectivity index (χ0) is 11.1. The molecule has 0 amide bonds. The molecule has 1 aromatic rings. The van der Waals surface area contributed by atoms with Crippen molar-refractivity contribution in [2.45, 2.75) is 27.2 Å². The van der Waals surface area contributed by atoms with Crippen LogP contribution in [0.4, 0.5) is 0 Å². The number of likely N-dealkylation sites (N-methyl/N-ethyl adjacent to an activating group) is 1. The summed E-state index contributed by atoms with van der Waals surface area (Å²) >= 11 is 1.89. The van der Waals surface area contributed by atoms with Crippen molar-refractivity contribution in [3.05, 3.63) is 21.4 Å². The van der Waals surface area contributed by atoms with Crippen LogP contribution < -0.4 is 5.32 Å². The van der Waals surface area contributed by atoms with E-state index in [0.29, 0.717) is 0 Å². The quantitative estimate of drug-likeness (QED) is 0.723. The van der Waals surface area contributed by atoms with Gasteiger partial charge in [0.15, 0.2) is 0 Å². The maximum absolute atomic E-state index is 5.55. The minimum atomic E-state index is 0.817. The minimum Gasteiger partial charge on any atom is -0.380 e. The molecule has 0 saturated heterocycles. The van der Waals surface area contributed by atoms with Gasteiger partial charge < -0.3 is 10.1 Å². The van der Waals surface area contributed by atoms with Gasteiger partial charge in [-0.15, -0.1) is 11.3 Å². The maximum atomic E-state index is 5.55. The molecule has 0 aliphatic carbocycles. The molecular weight excluding hydrogens is 206 g/mol. The number of hydrogen-bond donors (Lipinski definition) is 1. The molecule has 1 aromatic heterocycles. The van der Waals surface area contributed by atoms with Crippen LogP contribution in [0.1, 0.15) is 22.2 Å². The van der Waals surface area contributed by atoms with Crippen molar-refractivity contribution in [1.29, 1.82) is 0 Å². The van der Waals surface area contributed by atoms with Crippen LogP contribution >= 0.6 is 11.3 Å². The number of ether oxygens (including phenoxy) is 1. The Kier molecular flexibility index (Phi) is 5.91. The van der Waals surface area contributed by atoms with Gasteiger partial charge in [0.2, 0.25) is 0 Å². The van der Waals surface area contributed by atoms with E-state index in [4.69, 9.17) is 4.74 Å². The molecule has 0 spiro atoms. The normalized spacial score (nSPS) is 10.9. The lowest BCUT2D eigenvalue weighted by molar-refractivity contribution is 0.140. The molecule has 1 N–H and O–H groups in total. The summed E-state index contributed by atoms with van der Waals surface area (Å²) in [6, 6.07) is 2.25. The van der Waals surface area contributed by atoms with E-state index in [1.165, 1.54) is 15.3 Å². The van der Waals surface area contributed by atoms with Crippen LogP contribution in [0.2, 0.25) is 0 Å². The Morgan fingerprint density at radius 1 is 1.33 bits per heavy atom. The van der Waals surface area contributed by atoms with Crippen molar-refractivity contribution in [3.8, 4) is 0 Å². The summed E-state index contributed by atoms with van der Waals surface area (Å²) in [6.07, 6.45) is 1.05. The Bertz CT molecular complexity index is 283. The summed E-state index contributed by atoms with van der Waals surface area (Å²) in [7, 11) is 0. The van der Waals surface area contributed by atoms with E-state index in [0.717, 1.165) is 32.7 Å². The number of hydrogen-bond acceptors (Lipinski definition) is 3. The van der Waals surface area contributed by atoms with Crippen LogP contribution in [-0.4, -0.2) is 26.3 Å². The average molecular weight is 227 g/mol. The standard InChI is InChI=1S/C12H21NOS/c1-4-13-6-8-14-7-5-12-10(2)9-11(3)15-12/h9,13H,4-8H2,1-3H3. The first-order valence-electron chi connectivity index (χ1n) is 5.58. The molecular formula is C12H21NOS. The van der Waals surface area contributed by atoms with Crippen LogP contribution in [0.3, 0.4) is 0 Å².